The van der Waals surface area contributed by atoms with Crippen LogP contribution in [0.25, 0.3) is 0 Å². The number of ether oxygens (including phenoxy) is 3. The molecule has 8 heteroatoms. The molecule has 0 aromatic heterocycles. The summed E-state index contributed by atoms with van der Waals surface area (Å²) in [6.45, 7) is 7.36. The van der Waals surface area contributed by atoms with Crippen LogP contribution in [0.4, 0.5) is 0 Å². The van der Waals surface area contributed by atoms with Gasteiger partial charge in [-0.3, -0.25) is 14.4 Å². The normalized spacial score (nSPS) is 13.8. The van der Waals surface area contributed by atoms with E-state index in [0.717, 1.165) is 19.3 Å². The van der Waals surface area contributed by atoms with Crippen LogP contribution in [-0.2, 0) is 33.4 Å². The van der Waals surface area contributed by atoms with E-state index in [1.165, 1.54) is 6.92 Å². The van der Waals surface area contributed by atoms with Crippen molar-refractivity contribution in [2.45, 2.75) is 84.7 Å². The zero-order valence-corrected chi connectivity index (χ0v) is 18.2. The highest BCUT2D eigenvalue weighted by atomic mass is 16.6. The van der Waals surface area contributed by atoms with Crippen molar-refractivity contribution in [2.75, 3.05) is 19.8 Å². The number of carbonyl (C=O) groups is 4. The molecular weight excluding hydrogens is 380 g/mol. The van der Waals surface area contributed by atoms with Crippen LogP contribution in [-0.4, -0.2) is 54.2 Å². The first-order chi connectivity index (χ1) is 13.8. The van der Waals surface area contributed by atoms with E-state index in [1.807, 2.05) is 20.8 Å². The molecule has 29 heavy (non-hydrogen) atoms. The van der Waals surface area contributed by atoms with Gasteiger partial charge in [0.15, 0.2) is 11.5 Å². The molecule has 168 valence electrons. The number of unbranched alkanes of at least 4 members (excludes halogenated alkanes) is 3. The summed E-state index contributed by atoms with van der Waals surface area (Å²) in [6.07, 6.45) is 3.02. The van der Waals surface area contributed by atoms with Crippen LogP contribution in [0.15, 0.2) is 0 Å². The Bertz CT molecular complexity index is 531. The Morgan fingerprint density at radius 2 is 1.28 bits per heavy atom. The molecule has 0 fully saturated rings. The van der Waals surface area contributed by atoms with Crippen LogP contribution >= 0.6 is 0 Å². The Morgan fingerprint density at radius 1 is 0.793 bits per heavy atom. The Labute approximate surface area is 173 Å². The number of esters is 3. The molecule has 0 rings (SSSR count). The lowest BCUT2D eigenvalue weighted by Gasteiger charge is -2.31. The van der Waals surface area contributed by atoms with Crippen molar-refractivity contribution in [3.05, 3.63) is 0 Å². The lowest BCUT2D eigenvalue weighted by molar-refractivity contribution is -0.188. The van der Waals surface area contributed by atoms with Gasteiger partial charge in [0.2, 0.25) is 0 Å². The van der Waals surface area contributed by atoms with Crippen molar-refractivity contribution < 1.29 is 38.5 Å². The van der Waals surface area contributed by atoms with Crippen molar-refractivity contribution in [1.29, 1.82) is 0 Å². The maximum atomic E-state index is 12.7. The monoisotopic (exact) mass is 416 g/mol. The first kappa shape index (κ1) is 27.0. The largest absolute Gasteiger partial charge is 0.466 e. The van der Waals surface area contributed by atoms with Crippen LogP contribution in [0.3, 0.4) is 0 Å². The molecule has 0 amide bonds. The highest BCUT2D eigenvalue weighted by Gasteiger charge is 2.54. The number of ketones is 1. The Kier molecular flexibility index (Phi) is 13.9. The average Bonchev–Trinajstić information content (AvgIpc) is 2.68. The molecule has 8 nitrogen and oxygen atoms in total. The summed E-state index contributed by atoms with van der Waals surface area (Å²) in [5, 5.41) is 11.1. The van der Waals surface area contributed by atoms with E-state index in [1.54, 1.807) is 0 Å². The second-order valence-electron chi connectivity index (χ2n) is 6.94. The van der Waals surface area contributed by atoms with E-state index in [4.69, 9.17) is 14.2 Å². The molecule has 0 saturated carbocycles. The average molecular weight is 417 g/mol. The van der Waals surface area contributed by atoms with Crippen LogP contribution in [0, 0.1) is 5.92 Å². The summed E-state index contributed by atoms with van der Waals surface area (Å²) in [6, 6.07) is 0. The molecule has 1 N–H and O–H groups in total. The first-order valence-corrected chi connectivity index (χ1v) is 10.5. The van der Waals surface area contributed by atoms with Gasteiger partial charge < -0.3 is 19.3 Å². The number of Topliss-reactive ketones (excluding diaryl/α,β-unsaturated/α-hetero) is 1. The zero-order chi connectivity index (χ0) is 22.3. The summed E-state index contributed by atoms with van der Waals surface area (Å²) >= 11 is 0. The van der Waals surface area contributed by atoms with Gasteiger partial charge in [0.05, 0.1) is 26.2 Å². The van der Waals surface area contributed by atoms with E-state index >= 15 is 0 Å². The van der Waals surface area contributed by atoms with Crippen molar-refractivity contribution in [2.24, 2.45) is 5.92 Å². The van der Waals surface area contributed by atoms with Crippen LogP contribution < -0.4 is 0 Å². The molecule has 0 heterocycles. The van der Waals surface area contributed by atoms with Crippen molar-refractivity contribution in [1.82, 2.24) is 0 Å². The fourth-order valence-corrected chi connectivity index (χ4v) is 2.52. The molecular formula is C21H36O8. The van der Waals surface area contributed by atoms with Gasteiger partial charge in [-0.05, 0) is 19.3 Å². The number of hydrogen-bond donors (Lipinski definition) is 1. The van der Waals surface area contributed by atoms with E-state index in [-0.39, 0.29) is 26.2 Å². The van der Waals surface area contributed by atoms with E-state index in [0.29, 0.717) is 19.3 Å². The molecule has 0 radical (unpaired) electrons. The third kappa shape index (κ3) is 9.39. The summed E-state index contributed by atoms with van der Waals surface area (Å²) in [7, 11) is 0. The second kappa shape index (κ2) is 15.0. The summed E-state index contributed by atoms with van der Waals surface area (Å²) < 4.78 is 15.2. The van der Waals surface area contributed by atoms with Gasteiger partial charge in [-0.15, -0.1) is 0 Å². The predicted octanol–water partition coefficient (Wildman–Crippen LogP) is 2.73. The smallest absolute Gasteiger partial charge is 0.340 e. The third-order valence-electron chi connectivity index (χ3n) is 4.39. The van der Waals surface area contributed by atoms with E-state index in [9.17, 15) is 24.3 Å². The summed E-state index contributed by atoms with van der Waals surface area (Å²) in [5.74, 6) is -5.68. The van der Waals surface area contributed by atoms with Crippen molar-refractivity contribution >= 4 is 23.7 Å². The Morgan fingerprint density at radius 3 is 1.76 bits per heavy atom. The zero-order valence-electron chi connectivity index (χ0n) is 18.2. The predicted molar refractivity (Wildman–Crippen MR) is 106 cm³/mol. The lowest BCUT2D eigenvalue weighted by atomic mass is 9.80. The first-order valence-electron chi connectivity index (χ1n) is 10.5. The SMILES string of the molecule is CCCCOC(=O)CC(O)(C(=O)OCCCC)C(C(=O)CC)C(=O)OCCCC. The molecule has 0 aliphatic carbocycles. The van der Waals surface area contributed by atoms with Gasteiger partial charge in [0, 0.05) is 6.42 Å². The van der Waals surface area contributed by atoms with Crippen LogP contribution in [0.5, 0.6) is 0 Å². The summed E-state index contributed by atoms with van der Waals surface area (Å²) in [4.78, 5) is 49.9. The van der Waals surface area contributed by atoms with Gasteiger partial charge in [0.25, 0.3) is 0 Å². The highest BCUT2D eigenvalue weighted by Crippen LogP contribution is 2.28. The minimum Gasteiger partial charge on any atom is -0.466 e. The van der Waals surface area contributed by atoms with Crippen molar-refractivity contribution in [3.63, 3.8) is 0 Å². The molecule has 0 saturated heterocycles. The van der Waals surface area contributed by atoms with Gasteiger partial charge in [-0.2, -0.15) is 0 Å². The van der Waals surface area contributed by atoms with Gasteiger partial charge in [-0.1, -0.05) is 47.0 Å². The van der Waals surface area contributed by atoms with Crippen molar-refractivity contribution in [3.8, 4) is 0 Å². The molecule has 2 unspecified atom stereocenters. The van der Waals surface area contributed by atoms with Gasteiger partial charge >= 0.3 is 17.9 Å². The maximum Gasteiger partial charge on any atom is 0.340 e. The molecule has 2 atom stereocenters. The highest BCUT2D eigenvalue weighted by molar-refractivity contribution is 6.06. The Hall–Kier alpha value is -1.96. The second-order valence-corrected chi connectivity index (χ2v) is 6.94. The van der Waals surface area contributed by atoms with Crippen LogP contribution in [0.1, 0.15) is 79.1 Å². The molecule has 0 aliphatic rings. The Balaban J connectivity index is 5.69. The number of aliphatic hydroxyl groups is 1. The molecule has 0 bridgehead atoms. The number of rotatable bonds is 16. The van der Waals surface area contributed by atoms with Gasteiger partial charge in [0.1, 0.15) is 5.78 Å². The van der Waals surface area contributed by atoms with Gasteiger partial charge in [-0.25, -0.2) is 4.79 Å². The lowest BCUT2D eigenvalue weighted by Crippen LogP contribution is -2.55. The third-order valence-corrected chi connectivity index (χ3v) is 4.39. The molecule has 0 aromatic rings. The minimum atomic E-state index is -2.67. The topological polar surface area (TPSA) is 116 Å². The standard InChI is InChI=1S/C21H36O8/c1-5-9-12-27-17(23)15-21(26,20(25)29-14-11-7-3)18(16(22)8-4)19(24)28-13-10-6-2/h18,26H,5-15H2,1-4H3. The maximum absolute atomic E-state index is 12.7. The molecule has 0 spiro atoms. The number of carbonyl (C=O) groups excluding carboxylic acids is 4. The van der Waals surface area contributed by atoms with E-state index in [2.05, 4.69) is 0 Å². The number of hydrogen-bond acceptors (Lipinski definition) is 8. The molecule has 0 aliphatic heterocycles. The minimum absolute atomic E-state index is 0.000440. The van der Waals surface area contributed by atoms with Crippen LogP contribution in [0.2, 0.25) is 0 Å². The summed E-state index contributed by atoms with van der Waals surface area (Å²) in [5.41, 5.74) is -2.67. The fraction of sp³-hybridized carbons (Fsp3) is 0.810. The van der Waals surface area contributed by atoms with E-state index < -0.39 is 41.6 Å². The fourth-order valence-electron chi connectivity index (χ4n) is 2.52. The molecule has 0 aromatic carbocycles. The quantitative estimate of drug-likeness (QED) is 0.177.